The van der Waals surface area contributed by atoms with E-state index in [2.05, 4.69) is 22.1 Å². The summed E-state index contributed by atoms with van der Waals surface area (Å²) in [5.41, 5.74) is 1.56. The molecule has 1 aliphatic rings. The number of nitrogens with one attached hydrogen (secondary N) is 1. The first-order valence-corrected chi connectivity index (χ1v) is 6.94. The van der Waals surface area contributed by atoms with E-state index >= 15 is 0 Å². The molecule has 6 heteroatoms. The molecule has 0 saturated carbocycles. The fourth-order valence-corrected chi connectivity index (χ4v) is 2.54. The van der Waals surface area contributed by atoms with Crippen LogP contribution in [-0.2, 0) is 4.79 Å². The van der Waals surface area contributed by atoms with Gasteiger partial charge < -0.3 is 5.11 Å². The molecule has 1 aliphatic heterocycles. The predicted octanol–water partition coefficient (Wildman–Crippen LogP) is -0.611. The molecule has 1 saturated heterocycles. The van der Waals surface area contributed by atoms with Crippen molar-refractivity contribution in [3.05, 3.63) is 0 Å². The largest absolute Gasteiger partial charge is 0.389 e. The van der Waals surface area contributed by atoms with E-state index in [-0.39, 0.29) is 17.9 Å². The standard InChI is InChI=1S/C13H28N4O2/c1-10(12(18)15-14)11(2)17-7-5-16(6-8-17)9-13(3,4)19/h10-11,19H,5-9,14H2,1-4H3,(H,15,18). The van der Waals surface area contributed by atoms with Crippen molar-refractivity contribution < 1.29 is 9.90 Å². The average molecular weight is 272 g/mol. The summed E-state index contributed by atoms with van der Waals surface area (Å²) in [5, 5.41) is 9.82. The molecular formula is C13H28N4O2. The molecule has 1 fully saturated rings. The minimum atomic E-state index is -0.652. The van der Waals surface area contributed by atoms with Crippen LogP contribution in [0.25, 0.3) is 0 Å². The van der Waals surface area contributed by atoms with Crippen LogP contribution in [0.15, 0.2) is 0 Å². The first kappa shape index (κ1) is 16.4. The van der Waals surface area contributed by atoms with E-state index in [1.165, 1.54) is 0 Å². The summed E-state index contributed by atoms with van der Waals surface area (Å²) in [6.45, 7) is 12.0. The van der Waals surface area contributed by atoms with Crippen LogP contribution in [0.1, 0.15) is 27.7 Å². The average Bonchev–Trinajstić information content (AvgIpc) is 2.35. The third-order valence-electron chi connectivity index (χ3n) is 3.87. The number of nitrogens with zero attached hydrogens (tertiary/aromatic N) is 2. The van der Waals surface area contributed by atoms with Gasteiger partial charge in [0.2, 0.25) is 5.91 Å². The molecule has 19 heavy (non-hydrogen) atoms. The number of hydrazine groups is 1. The number of piperazine rings is 1. The van der Waals surface area contributed by atoms with Gasteiger partial charge in [0.15, 0.2) is 0 Å². The van der Waals surface area contributed by atoms with E-state index in [1.807, 2.05) is 20.8 Å². The Labute approximate surface area is 115 Å². The zero-order valence-electron chi connectivity index (χ0n) is 12.5. The molecule has 4 N–H and O–H groups in total. The molecule has 6 nitrogen and oxygen atoms in total. The van der Waals surface area contributed by atoms with E-state index < -0.39 is 5.60 Å². The third kappa shape index (κ3) is 5.06. The molecular weight excluding hydrogens is 244 g/mol. The number of rotatable bonds is 5. The van der Waals surface area contributed by atoms with Crippen molar-refractivity contribution in [3.63, 3.8) is 0 Å². The Morgan fingerprint density at radius 3 is 2.26 bits per heavy atom. The minimum Gasteiger partial charge on any atom is -0.389 e. The number of carbonyl (C=O) groups excluding carboxylic acids is 1. The van der Waals surface area contributed by atoms with Crippen molar-refractivity contribution in [1.29, 1.82) is 0 Å². The van der Waals surface area contributed by atoms with Crippen molar-refractivity contribution in [3.8, 4) is 0 Å². The van der Waals surface area contributed by atoms with Crippen LogP contribution < -0.4 is 11.3 Å². The van der Waals surface area contributed by atoms with E-state index in [9.17, 15) is 9.90 Å². The van der Waals surface area contributed by atoms with Gasteiger partial charge in [-0.15, -0.1) is 0 Å². The van der Waals surface area contributed by atoms with E-state index in [1.54, 1.807) is 0 Å². The lowest BCUT2D eigenvalue weighted by atomic mass is 10.0. The molecule has 0 aliphatic carbocycles. The summed E-state index contributed by atoms with van der Waals surface area (Å²) in [6.07, 6.45) is 0. The molecule has 0 spiro atoms. The Balaban J connectivity index is 2.43. The number of amides is 1. The molecule has 0 bridgehead atoms. The van der Waals surface area contributed by atoms with Crippen molar-refractivity contribution in [2.24, 2.45) is 11.8 Å². The summed E-state index contributed by atoms with van der Waals surface area (Å²) in [6, 6.07) is 0.174. The number of β-amino-alcohol motifs (C(OH)–C–C–N with tert-alkyl or cyclic N) is 1. The molecule has 1 amide bonds. The number of hydrogen-bond donors (Lipinski definition) is 3. The lowest BCUT2D eigenvalue weighted by Crippen LogP contribution is -2.55. The number of carbonyl (C=O) groups is 1. The number of hydrogen-bond acceptors (Lipinski definition) is 5. The second-order valence-electron chi connectivity index (χ2n) is 6.16. The smallest absolute Gasteiger partial charge is 0.238 e. The molecule has 1 rings (SSSR count). The summed E-state index contributed by atoms with van der Waals surface area (Å²) in [7, 11) is 0. The molecule has 112 valence electrons. The highest BCUT2D eigenvalue weighted by Crippen LogP contribution is 2.15. The fraction of sp³-hybridized carbons (Fsp3) is 0.923. The molecule has 2 unspecified atom stereocenters. The first-order valence-electron chi connectivity index (χ1n) is 6.94. The topological polar surface area (TPSA) is 81.8 Å². The fourth-order valence-electron chi connectivity index (χ4n) is 2.54. The van der Waals surface area contributed by atoms with Crippen LogP contribution in [0.3, 0.4) is 0 Å². The quantitative estimate of drug-likeness (QED) is 0.353. The Morgan fingerprint density at radius 2 is 1.84 bits per heavy atom. The van der Waals surface area contributed by atoms with Crippen LogP contribution in [-0.4, -0.2) is 65.2 Å². The van der Waals surface area contributed by atoms with Crippen molar-refractivity contribution >= 4 is 5.91 Å². The van der Waals surface area contributed by atoms with Gasteiger partial charge in [0, 0.05) is 38.8 Å². The summed E-state index contributed by atoms with van der Waals surface area (Å²) in [4.78, 5) is 16.1. The SMILES string of the molecule is CC(C(=O)NN)C(C)N1CCN(CC(C)(C)O)CC1. The Morgan fingerprint density at radius 1 is 1.32 bits per heavy atom. The monoisotopic (exact) mass is 272 g/mol. The van der Waals surface area contributed by atoms with Crippen LogP contribution in [0.5, 0.6) is 0 Å². The van der Waals surface area contributed by atoms with Gasteiger partial charge in [-0.05, 0) is 20.8 Å². The molecule has 0 aromatic heterocycles. The first-order chi connectivity index (χ1) is 8.74. The van der Waals surface area contributed by atoms with Gasteiger partial charge in [0.25, 0.3) is 0 Å². The lowest BCUT2D eigenvalue weighted by Gasteiger charge is -2.41. The van der Waals surface area contributed by atoms with Crippen LogP contribution in [0.2, 0.25) is 0 Å². The van der Waals surface area contributed by atoms with E-state index in [4.69, 9.17) is 5.84 Å². The van der Waals surface area contributed by atoms with Crippen LogP contribution in [0.4, 0.5) is 0 Å². The van der Waals surface area contributed by atoms with Gasteiger partial charge in [0.1, 0.15) is 0 Å². The maximum absolute atomic E-state index is 11.5. The minimum absolute atomic E-state index is 0.119. The molecule has 2 atom stereocenters. The van der Waals surface area contributed by atoms with Crippen LogP contribution in [0, 0.1) is 5.92 Å². The van der Waals surface area contributed by atoms with Gasteiger partial charge in [0.05, 0.1) is 11.5 Å². The van der Waals surface area contributed by atoms with Crippen molar-refractivity contribution in [2.45, 2.75) is 39.3 Å². The summed E-state index contributed by atoms with van der Waals surface area (Å²) >= 11 is 0. The van der Waals surface area contributed by atoms with Gasteiger partial charge in [-0.3, -0.25) is 20.0 Å². The highest BCUT2D eigenvalue weighted by molar-refractivity contribution is 5.78. The van der Waals surface area contributed by atoms with Gasteiger partial charge in [-0.2, -0.15) is 0 Å². The molecule has 0 radical (unpaired) electrons. The van der Waals surface area contributed by atoms with Crippen LogP contribution >= 0.6 is 0 Å². The number of aliphatic hydroxyl groups is 1. The maximum atomic E-state index is 11.5. The zero-order valence-corrected chi connectivity index (χ0v) is 12.5. The van der Waals surface area contributed by atoms with Gasteiger partial charge in [-0.25, -0.2) is 5.84 Å². The highest BCUT2D eigenvalue weighted by Gasteiger charge is 2.29. The molecule has 1 heterocycles. The Hall–Kier alpha value is -0.690. The van der Waals surface area contributed by atoms with Crippen molar-refractivity contribution in [2.75, 3.05) is 32.7 Å². The summed E-state index contributed by atoms with van der Waals surface area (Å²) in [5.74, 6) is 4.94. The summed E-state index contributed by atoms with van der Waals surface area (Å²) < 4.78 is 0. The van der Waals surface area contributed by atoms with Crippen molar-refractivity contribution in [1.82, 2.24) is 15.2 Å². The molecule has 0 aromatic rings. The predicted molar refractivity (Wildman–Crippen MR) is 75.3 cm³/mol. The zero-order chi connectivity index (χ0) is 14.6. The van der Waals surface area contributed by atoms with Gasteiger partial charge in [-0.1, -0.05) is 6.92 Å². The number of nitrogens with two attached hydrogens (primary N) is 1. The molecule has 0 aromatic carbocycles. The highest BCUT2D eigenvalue weighted by atomic mass is 16.3. The third-order valence-corrected chi connectivity index (χ3v) is 3.87. The second-order valence-corrected chi connectivity index (χ2v) is 6.16. The van der Waals surface area contributed by atoms with E-state index in [0.717, 1.165) is 26.2 Å². The Kier molecular flexibility index (Phi) is 5.73. The van der Waals surface area contributed by atoms with Gasteiger partial charge >= 0.3 is 0 Å². The Bertz CT molecular complexity index is 296. The normalized spacial score (nSPS) is 22.0. The second kappa shape index (κ2) is 6.65. The lowest BCUT2D eigenvalue weighted by molar-refractivity contribution is -0.126. The maximum Gasteiger partial charge on any atom is 0.238 e. The van der Waals surface area contributed by atoms with E-state index in [0.29, 0.717) is 6.54 Å².